The zero-order valence-electron chi connectivity index (χ0n) is 13.8. The Morgan fingerprint density at radius 3 is 2.75 bits per heavy atom. The summed E-state index contributed by atoms with van der Waals surface area (Å²) in [6.07, 6.45) is 2.79. The van der Waals surface area contributed by atoms with Gasteiger partial charge in [-0.05, 0) is 36.6 Å². The largest absolute Gasteiger partial charge is 0.453 e. The number of nitrogens with one attached hydrogen (secondary N) is 1. The number of carbonyl (C=O) groups is 1. The lowest BCUT2D eigenvalue weighted by Gasteiger charge is -2.14. The number of nitrogens with zero attached hydrogens (tertiary/aromatic N) is 3. The van der Waals surface area contributed by atoms with E-state index >= 15 is 0 Å². The molecule has 24 heavy (non-hydrogen) atoms. The van der Waals surface area contributed by atoms with Crippen LogP contribution in [0.4, 0.5) is 0 Å². The van der Waals surface area contributed by atoms with E-state index in [-0.39, 0.29) is 18.6 Å². The Morgan fingerprint density at radius 2 is 2.00 bits per heavy atom. The van der Waals surface area contributed by atoms with Crippen LogP contribution >= 0.6 is 0 Å². The van der Waals surface area contributed by atoms with Gasteiger partial charge in [-0.3, -0.25) is 9.20 Å². The van der Waals surface area contributed by atoms with Gasteiger partial charge in [0.25, 0.3) is 5.91 Å². The fraction of sp³-hybridized carbons (Fsp3) is 0.278. The first-order valence-corrected chi connectivity index (χ1v) is 7.98. The van der Waals surface area contributed by atoms with Crippen molar-refractivity contribution >= 4 is 11.6 Å². The summed E-state index contributed by atoms with van der Waals surface area (Å²) in [6, 6.07) is 14.0. The third-order valence-corrected chi connectivity index (χ3v) is 3.88. The van der Waals surface area contributed by atoms with Crippen molar-refractivity contribution in [3.8, 4) is 6.01 Å². The summed E-state index contributed by atoms with van der Waals surface area (Å²) in [4.78, 5) is 12.1. The molecule has 0 bridgehead atoms. The number of hydrogen-bond acceptors (Lipinski definition) is 4. The molecule has 2 aromatic heterocycles. The highest BCUT2D eigenvalue weighted by Gasteiger charge is 2.12. The Hall–Kier alpha value is -2.89. The number of ether oxygens (including phenoxy) is 1. The number of carbonyl (C=O) groups excluding carboxylic acids is 1. The van der Waals surface area contributed by atoms with Gasteiger partial charge in [-0.25, -0.2) is 0 Å². The Labute approximate surface area is 140 Å². The number of hydrogen-bond donors (Lipinski definition) is 1. The van der Waals surface area contributed by atoms with Crippen LogP contribution in [0.2, 0.25) is 0 Å². The molecule has 6 heteroatoms. The van der Waals surface area contributed by atoms with Crippen LogP contribution < -0.4 is 10.1 Å². The highest BCUT2D eigenvalue weighted by molar-refractivity contribution is 5.77. The molecule has 3 aromatic rings. The standard InChI is InChI=1S/C18H20N4O2/c1-3-14-7-9-15(10-8-14)13(2)19-17(23)12-24-18-21-20-16-6-4-5-11-22(16)18/h4-11,13H,3,12H2,1-2H3,(H,19,23)/t13-/m1/s1. The van der Waals surface area contributed by atoms with Gasteiger partial charge in [-0.15, -0.1) is 5.10 Å². The van der Waals surface area contributed by atoms with Gasteiger partial charge in [-0.2, -0.15) is 0 Å². The molecule has 0 aliphatic rings. The van der Waals surface area contributed by atoms with E-state index in [4.69, 9.17) is 4.74 Å². The van der Waals surface area contributed by atoms with Gasteiger partial charge in [0.05, 0.1) is 6.04 Å². The van der Waals surface area contributed by atoms with E-state index in [1.807, 2.05) is 37.3 Å². The van der Waals surface area contributed by atoms with E-state index in [1.165, 1.54) is 5.56 Å². The van der Waals surface area contributed by atoms with E-state index in [2.05, 4.69) is 34.6 Å². The lowest BCUT2D eigenvalue weighted by Crippen LogP contribution is -2.31. The third-order valence-electron chi connectivity index (χ3n) is 3.88. The molecule has 0 spiro atoms. The van der Waals surface area contributed by atoms with Gasteiger partial charge in [0, 0.05) is 6.20 Å². The van der Waals surface area contributed by atoms with Crippen molar-refractivity contribution in [2.24, 2.45) is 0 Å². The van der Waals surface area contributed by atoms with Crippen LogP contribution in [-0.4, -0.2) is 27.1 Å². The highest BCUT2D eigenvalue weighted by atomic mass is 16.5. The molecule has 0 fully saturated rings. The van der Waals surface area contributed by atoms with E-state index < -0.39 is 0 Å². The van der Waals surface area contributed by atoms with Crippen molar-refractivity contribution in [2.75, 3.05) is 6.61 Å². The van der Waals surface area contributed by atoms with Crippen LogP contribution in [0.25, 0.3) is 5.65 Å². The molecular weight excluding hydrogens is 304 g/mol. The summed E-state index contributed by atoms with van der Waals surface area (Å²) < 4.78 is 7.17. The number of aryl methyl sites for hydroxylation is 1. The number of fused-ring (bicyclic) bond motifs is 1. The molecule has 0 radical (unpaired) electrons. The first kappa shape index (κ1) is 16.0. The molecule has 124 valence electrons. The molecule has 0 saturated heterocycles. The van der Waals surface area contributed by atoms with Crippen LogP contribution in [0.3, 0.4) is 0 Å². The summed E-state index contributed by atoms with van der Waals surface area (Å²) in [5.41, 5.74) is 3.02. The number of rotatable bonds is 6. The average Bonchev–Trinajstić information content (AvgIpc) is 3.03. The summed E-state index contributed by atoms with van der Waals surface area (Å²) in [5.74, 6) is -0.199. The molecule has 0 unspecified atom stereocenters. The Morgan fingerprint density at radius 1 is 1.21 bits per heavy atom. The second-order valence-corrected chi connectivity index (χ2v) is 5.58. The van der Waals surface area contributed by atoms with Gasteiger partial charge in [0.15, 0.2) is 12.3 Å². The maximum Gasteiger partial charge on any atom is 0.322 e. The minimum atomic E-state index is -0.199. The fourth-order valence-corrected chi connectivity index (χ4v) is 2.46. The summed E-state index contributed by atoms with van der Waals surface area (Å²) in [5, 5.41) is 10.8. The lowest BCUT2D eigenvalue weighted by molar-refractivity contribution is -0.123. The molecule has 0 aliphatic heterocycles. The van der Waals surface area contributed by atoms with Crippen molar-refractivity contribution in [2.45, 2.75) is 26.3 Å². The minimum absolute atomic E-state index is 0.0813. The van der Waals surface area contributed by atoms with Crippen LogP contribution in [0.1, 0.15) is 31.0 Å². The van der Waals surface area contributed by atoms with Crippen molar-refractivity contribution in [1.82, 2.24) is 19.9 Å². The normalized spacial score (nSPS) is 12.1. The predicted molar refractivity (Wildman–Crippen MR) is 90.9 cm³/mol. The van der Waals surface area contributed by atoms with Crippen LogP contribution in [-0.2, 0) is 11.2 Å². The summed E-state index contributed by atoms with van der Waals surface area (Å²) >= 11 is 0. The average molecular weight is 324 g/mol. The molecule has 1 amide bonds. The van der Waals surface area contributed by atoms with E-state index in [0.717, 1.165) is 12.0 Å². The Bertz CT molecular complexity index is 826. The molecule has 0 saturated carbocycles. The number of amides is 1. The highest BCUT2D eigenvalue weighted by Crippen LogP contribution is 2.14. The number of pyridine rings is 1. The topological polar surface area (TPSA) is 68.5 Å². The summed E-state index contributed by atoms with van der Waals surface area (Å²) in [6.45, 7) is 3.96. The second-order valence-electron chi connectivity index (χ2n) is 5.58. The second kappa shape index (κ2) is 7.12. The molecule has 0 aliphatic carbocycles. The third kappa shape index (κ3) is 3.53. The molecule has 1 atom stereocenters. The number of aromatic nitrogens is 3. The van der Waals surface area contributed by atoms with Crippen LogP contribution in [0.5, 0.6) is 6.01 Å². The molecular formula is C18H20N4O2. The van der Waals surface area contributed by atoms with Crippen molar-refractivity contribution in [1.29, 1.82) is 0 Å². The molecule has 1 N–H and O–H groups in total. The van der Waals surface area contributed by atoms with Crippen LogP contribution in [0.15, 0.2) is 48.7 Å². The van der Waals surface area contributed by atoms with E-state index in [9.17, 15) is 4.79 Å². The van der Waals surface area contributed by atoms with Gasteiger partial charge in [0.1, 0.15) is 0 Å². The van der Waals surface area contributed by atoms with Gasteiger partial charge in [0.2, 0.25) is 0 Å². The van der Waals surface area contributed by atoms with Gasteiger partial charge < -0.3 is 10.1 Å². The number of benzene rings is 1. The van der Waals surface area contributed by atoms with E-state index in [1.54, 1.807) is 10.6 Å². The monoisotopic (exact) mass is 324 g/mol. The maximum atomic E-state index is 12.1. The zero-order valence-corrected chi connectivity index (χ0v) is 13.8. The molecule has 3 rings (SSSR count). The van der Waals surface area contributed by atoms with Crippen molar-refractivity contribution < 1.29 is 9.53 Å². The van der Waals surface area contributed by atoms with Gasteiger partial charge in [-0.1, -0.05) is 42.4 Å². The maximum absolute atomic E-state index is 12.1. The molecule has 1 aromatic carbocycles. The minimum Gasteiger partial charge on any atom is -0.453 e. The van der Waals surface area contributed by atoms with Gasteiger partial charge >= 0.3 is 6.01 Å². The van der Waals surface area contributed by atoms with Crippen molar-refractivity contribution in [3.05, 3.63) is 59.8 Å². The SMILES string of the molecule is CCc1ccc([C@@H](C)NC(=O)COc2nnc3ccccn23)cc1. The van der Waals surface area contributed by atoms with Crippen molar-refractivity contribution in [3.63, 3.8) is 0 Å². The zero-order chi connectivity index (χ0) is 16.9. The Kier molecular flexibility index (Phi) is 4.74. The molecule has 6 nitrogen and oxygen atoms in total. The molecule has 2 heterocycles. The lowest BCUT2D eigenvalue weighted by atomic mass is 10.1. The first-order chi connectivity index (χ1) is 11.7. The first-order valence-electron chi connectivity index (χ1n) is 7.98. The fourth-order valence-electron chi connectivity index (χ4n) is 2.46. The Balaban J connectivity index is 1.57. The smallest absolute Gasteiger partial charge is 0.322 e. The quantitative estimate of drug-likeness (QED) is 0.756. The van der Waals surface area contributed by atoms with Crippen LogP contribution in [0, 0.1) is 0 Å². The predicted octanol–water partition coefficient (Wildman–Crippen LogP) is 2.55. The summed E-state index contributed by atoms with van der Waals surface area (Å²) in [7, 11) is 0. The van der Waals surface area contributed by atoms with E-state index in [0.29, 0.717) is 11.7 Å².